The molecule has 1 N–H and O–H groups in total. The molecular formula is C10H10ClN3S. The first-order chi connectivity index (χ1) is 7.27. The number of nitrogens with zero attached hydrogens (tertiary/aromatic N) is 2. The number of hydrogen-bond donors (Lipinski definition) is 1. The van der Waals surface area contributed by atoms with Crippen LogP contribution in [0.4, 0.5) is 0 Å². The number of aromatic nitrogens is 3. The minimum atomic E-state index is 0.256. The van der Waals surface area contributed by atoms with E-state index in [0.29, 0.717) is 0 Å². The lowest BCUT2D eigenvalue weighted by molar-refractivity contribution is 0.960. The molecule has 0 aliphatic carbocycles. The molecule has 15 heavy (non-hydrogen) atoms. The Morgan fingerprint density at radius 1 is 1.40 bits per heavy atom. The molecule has 0 aliphatic heterocycles. The number of hydrogen-bond acceptors (Lipinski definition) is 3. The maximum absolute atomic E-state index is 6.10. The minimum Gasteiger partial charge on any atom is -0.254 e. The lowest BCUT2D eigenvalue weighted by atomic mass is 10.2. The van der Waals surface area contributed by atoms with Gasteiger partial charge in [-0.15, -0.1) is 0 Å². The molecule has 1 aromatic carbocycles. The van der Waals surface area contributed by atoms with Crippen molar-refractivity contribution in [2.45, 2.75) is 17.3 Å². The Bertz CT molecular complexity index is 430. The summed E-state index contributed by atoms with van der Waals surface area (Å²) in [6.45, 7) is 2.09. The van der Waals surface area contributed by atoms with E-state index in [1.165, 1.54) is 6.33 Å². The second kappa shape index (κ2) is 4.68. The highest BCUT2D eigenvalue weighted by Crippen LogP contribution is 2.35. The zero-order valence-electron chi connectivity index (χ0n) is 8.14. The van der Waals surface area contributed by atoms with Crippen LogP contribution in [-0.4, -0.2) is 15.2 Å². The molecule has 1 atom stereocenters. The van der Waals surface area contributed by atoms with Crippen molar-refractivity contribution in [3.63, 3.8) is 0 Å². The third kappa shape index (κ3) is 2.52. The summed E-state index contributed by atoms with van der Waals surface area (Å²) in [6.07, 6.45) is 1.50. The Morgan fingerprint density at radius 3 is 2.87 bits per heavy atom. The minimum absolute atomic E-state index is 0.256. The van der Waals surface area contributed by atoms with E-state index in [1.807, 2.05) is 24.3 Å². The van der Waals surface area contributed by atoms with Crippen molar-refractivity contribution in [1.29, 1.82) is 0 Å². The van der Waals surface area contributed by atoms with Gasteiger partial charge in [0.2, 0.25) is 0 Å². The summed E-state index contributed by atoms with van der Waals surface area (Å²) >= 11 is 7.70. The number of H-pyrrole nitrogens is 1. The normalized spacial score (nSPS) is 12.7. The van der Waals surface area contributed by atoms with E-state index in [9.17, 15) is 0 Å². The molecule has 1 heterocycles. The van der Waals surface area contributed by atoms with Crippen molar-refractivity contribution in [2.24, 2.45) is 0 Å². The van der Waals surface area contributed by atoms with Crippen LogP contribution in [0.2, 0.25) is 5.02 Å². The molecule has 0 amide bonds. The van der Waals surface area contributed by atoms with Crippen LogP contribution in [0.5, 0.6) is 0 Å². The smallest absolute Gasteiger partial charge is 0.183 e. The van der Waals surface area contributed by atoms with Gasteiger partial charge in [-0.25, -0.2) is 4.98 Å². The van der Waals surface area contributed by atoms with Crippen LogP contribution in [0, 0.1) is 0 Å². The van der Waals surface area contributed by atoms with E-state index >= 15 is 0 Å². The zero-order valence-corrected chi connectivity index (χ0v) is 9.72. The standard InChI is InChI=1S/C10H10ClN3S/c1-7(15-10-12-6-13-14-10)8-4-2-3-5-9(8)11/h2-7H,1H3,(H,12,13,14)/t7-/m1/s1. The van der Waals surface area contributed by atoms with Gasteiger partial charge in [-0.1, -0.05) is 41.6 Å². The van der Waals surface area contributed by atoms with Gasteiger partial charge in [0.15, 0.2) is 5.16 Å². The maximum Gasteiger partial charge on any atom is 0.183 e. The summed E-state index contributed by atoms with van der Waals surface area (Å²) in [5.41, 5.74) is 1.11. The average molecular weight is 240 g/mol. The van der Waals surface area contributed by atoms with Gasteiger partial charge in [0.05, 0.1) is 0 Å². The Kier molecular flexibility index (Phi) is 3.28. The van der Waals surface area contributed by atoms with Gasteiger partial charge >= 0.3 is 0 Å². The Balaban J connectivity index is 2.15. The second-order valence-corrected chi connectivity index (χ2v) is 4.81. The predicted octanol–water partition coefficient (Wildman–Crippen LogP) is 3.31. The molecule has 2 rings (SSSR count). The van der Waals surface area contributed by atoms with Crippen LogP contribution < -0.4 is 0 Å². The van der Waals surface area contributed by atoms with Gasteiger partial charge < -0.3 is 0 Å². The first-order valence-electron chi connectivity index (χ1n) is 4.54. The summed E-state index contributed by atoms with van der Waals surface area (Å²) in [5, 5.41) is 8.47. The van der Waals surface area contributed by atoms with Crippen molar-refractivity contribution in [3.05, 3.63) is 41.2 Å². The van der Waals surface area contributed by atoms with Crippen molar-refractivity contribution in [1.82, 2.24) is 15.2 Å². The molecule has 0 bridgehead atoms. The van der Waals surface area contributed by atoms with Crippen molar-refractivity contribution >= 4 is 23.4 Å². The van der Waals surface area contributed by atoms with E-state index in [1.54, 1.807) is 11.8 Å². The summed E-state index contributed by atoms with van der Waals surface area (Å²) in [7, 11) is 0. The fourth-order valence-electron chi connectivity index (χ4n) is 1.29. The molecule has 0 fully saturated rings. The first-order valence-corrected chi connectivity index (χ1v) is 5.79. The highest BCUT2D eigenvalue weighted by Gasteiger charge is 2.11. The topological polar surface area (TPSA) is 41.6 Å². The number of thioether (sulfide) groups is 1. The number of aromatic amines is 1. The highest BCUT2D eigenvalue weighted by atomic mass is 35.5. The predicted molar refractivity (Wildman–Crippen MR) is 62.1 cm³/mol. The largest absolute Gasteiger partial charge is 0.254 e. The van der Waals surface area contributed by atoms with Gasteiger partial charge in [-0.3, -0.25) is 5.10 Å². The summed E-state index contributed by atoms with van der Waals surface area (Å²) < 4.78 is 0. The van der Waals surface area contributed by atoms with Gasteiger partial charge in [0.25, 0.3) is 0 Å². The van der Waals surface area contributed by atoms with Crippen molar-refractivity contribution in [2.75, 3.05) is 0 Å². The van der Waals surface area contributed by atoms with E-state index in [4.69, 9.17) is 11.6 Å². The third-order valence-corrected chi connectivity index (χ3v) is 3.40. The lowest BCUT2D eigenvalue weighted by Gasteiger charge is -2.10. The highest BCUT2D eigenvalue weighted by molar-refractivity contribution is 7.99. The molecular weight excluding hydrogens is 230 g/mol. The Morgan fingerprint density at radius 2 is 2.20 bits per heavy atom. The summed E-state index contributed by atoms with van der Waals surface area (Å²) in [6, 6.07) is 7.83. The zero-order chi connectivity index (χ0) is 10.7. The SMILES string of the molecule is C[C@@H](Sc1ncn[nH]1)c1ccccc1Cl. The van der Waals surface area contributed by atoms with Gasteiger partial charge in [-0.2, -0.15) is 5.10 Å². The van der Waals surface area contributed by atoms with E-state index in [0.717, 1.165) is 15.7 Å². The van der Waals surface area contributed by atoms with Crippen molar-refractivity contribution < 1.29 is 0 Å². The van der Waals surface area contributed by atoms with Crippen LogP contribution in [0.25, 0.3) is 0 Å². The Labute approximate surface area is 97.3 Å². The number of rotatable bonds is 3. The quantitative estimate of drug-likeness (QED) is 0.836. The second-order valence-electron chi connectivity index (χ2n) is 3.07. The molecule has 1 aromatic heterocycles. The lowest BCUT2D eigenvalue weighted by Crippen LogP contribution is -1.90. The molecule has 78 valence electrons. The van der Waals surface area contributed by atoms with Gasteiger partial charge in [0, 0.05) is 10.3 Å². The van der Waals surface area contributed by atoms with Gasteiger partial charge in [-0.05, 0) is 18.6 Å². The van der Waals surface area contributed by atoms with E-state index in [2.05, 4.69) is 22.1 Å². The molecule has 0 radical (unpaired) electrons. The Hall–Kier alpha value is -1.00. The first kappa shape index (κ1) is 10.5. The molecule has 0 aliphatic rings. The monoisotopic (exact) mass is 239 g/mol. The summed E-state index contributed by atoms with van der Waals surface area (Å²) in [4.78, 5) is 4.06. The van der Waals surface area contributed by atoms with Crippen molar-refractivity contribution in [3.8, 4) is 0 Å². The molecule has 5 heteroatoms. The molecule has 0 unspecified atom stereocenters. The summed E-state index contributed by atoms with van der Waals surface area (Å²) in [5.74, 6) is 0. The molecule has 0 spiro atoms. The van der Waals surface area contributed by atoms with Crippen LogP contribution in [0.15, 0.2) is 35.7 Å². The van der Waals surface area contributed by atoms with Crippen LogP contribution in [0.3, 0.4) is 0 Å². The van der Waals surface area contributed by atoms with E-state index in [-0.39, 0.29) is 5.25 Å². The number of nitrogens with one attached hydrogen (secondary N) is 1. The number of benzene rings is 1. The average Bonchev–Trinajstić information content (AvgIpc) is 2.71. The van der Waals surface area contributed by atoms with Crippen LogP contribution in [0.1, 0.15) is 17.7 Å². The maximum atomic E-state index is 6.10. The molecule has 2 aromatic rings. The fraction of sp³-hybridized carbons (Fsp3) is 0.200. The van der Waals surface area contributed by atoms with Crippen LogP contribution in [-0.2, 0) is 0 Å². The molecule has 3 nitrogen and oxygen atoms in total. The molecule has 0 saturated heterocycles. The molecule has 0 saturated carbocycles. The van der Waals surface area contributed by atoms with Crippen LogP contribution >= 0.6 is 23.4 Å². The number of halogens is 1. The van der Waals surface area contributed by atoms with Gasteiger partial charge in [0.1, 0.15) is 6.33 Å². The fourth-order valence-corrected chi connectivity index (χ4v) is 2.53. The van der Waals surface area contributed by atoms with E-state index < -0.39 is 0 Å². The third-order valence-electron chi connectivity index (χ3n) is 2.02.